The molecule has 0 aliphatic carbocycles. The molecule has 20 heavy (non-hydrogen) atoms. The van der Waals surface area contributed by atoms with Crippen molar-refractivity contribution in [2.24, 2.45) is 5.92 Å². The maximum atomic E-state index is 12.5. The van der Waals surface area contributed by atoms with Crippen LogP contribution in [0.2, 0.25) is 0 Å². The van der Waals surface area contributed by atoms with Crippen LogP contribution in [-0.2, 0) is 10.0 Å². The molecule has 1 heterocycles. The third-order valence-electron chi connectivity index (χ3n) is 3.39. The Labute approximate surface area is 124 Å². The molecule has 1 N–H and O–H groups in total. The van der Waals surface area contributed by atoms with E-state index in [-0.39, 0.29) is 9.77 Å². The summed E-state index contributed by atoms with van der Waals surface area (Å²) in [5.41, 5.74) is 0. The molecular weight excluding hydrogens is 298 g/mol. The molecule has 0 fully saturated rings. The smallest absolute Gasteiger partial charge is 0.345 e. The van der Waals surface area contributed by atoms with Crippen LogP contribution in [0.1, 0.15) is 43.3 Å². The van der Waals surface area contributed by atoms with Crippen molar-refractivity contribution in [1.29, 1.82) is 0 Å². The Morgan fingerprint density at radius 1 is 1.35 bits per heavy atom. The minimum Gasteiger partial charge on any atom is -0.477 e. The van der Waals surface area contributed by atoms with Gasteiger partial charge in [-0.2, -0.15) is 4.31 Å². The van der Waals surface area contributed by atoms with Crippen molar-refractivity contribution in [1.82, 2.24) is 4.31 Å². The maximum Gasteiger partial charge on any atom is 0.345 e. The van der Waals surface area contributed by atoms with Gasteiger partial charge in [-0.3, -0.25) is 0 Å². The number of carbonyl (C=O) groups is 1. The summed E-state index contributed by atoms with van der Waals surface area (Å²) in [6.07, 6.45) is 1.85. The number of carboxylic acid groups (broad SMARTS) is 1. The van der Waals surface area contributed by atoms with Crippen molar-refractivity contribution in [3.8, 4) is 0 Å². The molecular formula is C13H21NO4S2. The van der Waals surface area contributed by atoms with Crippen molar-refractivity contribution in [2.45, 2.75) is 38.5 Å². The summed E-state index contributed by atoms with van der Waals surface area (Å²) in [4.78, 5) is 11.0. The van der Waals surface area contributed by atoms with Crippen LogP contribution in [0, 0.1) is 5.92 Å². The lowest BCUT2D eigenvalue weighted by atomic mass is 10.0. The molecule has 0 aliphatic rings. The van der Waals surface area contributed by atoms with Gasteiger partial charge in [0, 0.05) is 18.5 Å². The van der Waals surface area contributed by atoms with Gasteiger partial charge >= 0.3 is 5.97 Å². The molecule has 0 unspecified atom stereocenters. The molecule has 0 saturated carbocycles. The summed E-state index contributed by atoms with van der Waals surface area (Å²) in [5, 5.41) is 10.3. The van der Waals surface area contributed by atoms with E-state index in [0.29, 0.717) is 19.0 Å². The van der Waals surface area contributed by atoms with Gasteiger partial charge in [0.2, 0.25) is 10.0 Å². The average Bonchev–Trinajstić information content (AvgIpc) is 2.90. The van der Waals surface area contributed by atoms with Gasteiger partial charge in [0.1, 0.15) is 4.88 Å². The molecule has 0 saturated heterocycles. The van der Waals surface area contributed by atoms with Crippen molar-refractivity contribution in [2.75, 3.05) is 13.1 Å². The van der Waals surface area contributed by atoms with E-state index >= 15 is 0 Å². The second kappa shape index (κ2) is 7.19. The van der Waals surface area contributed by atoms with Gasteiger partial charge in [0.05, 0.1) is 4.90 Å². The topological polar surface area (TPSA) is 74.7 Å². The molecule has 0 bridgehead atoms. The van der Waals surface area contributed by atoms with E-state index in [0.717, 1.165) is 24.2 Å². The molecule has 0 atom stereocenters. The van der Waals surface area contributed by atoms with E-state index in [9.17, 15) is 13.2 Å². The molecule has 0 aromatic carbocycles. The van der Waals surface area contributed by atoms with E-state index in [1.54, 1.807) is 6.92 Å². The Morgan fingerprint density at radius 2 is 1.95 bits per heavy atom. The minimum atomic E-state index is -3.60. The van der Waals surface area contributed by atoms with Gasteiger partial charge in [-0.1, -0.05) is 33.6 Å². The van der Waals surface area contributed by atoms with E-state index in [1.807, 2.05) is 13.8 Å². The zero-order chi connectivity index (χ0) is 15.3. The maximum absolute atomic E-state index is 12.5. The van der Waals surface area contributed by atoms with Crippen LogP contribution in [0.3, 0.4) is 0 Å². The average molecular weight is 319 g/mol. The summed E-state index contributed by atoms with van der Waals surface area (Å²) in [7, 11) is -3.60. The minimum absolute atomic E-state index is 0.0437. The number of rotatable bonds is 8. The third kappa shape index (κ3) is 3.80. The molecule has 1 aromatic rings. The normalized spacial score (nSPS) is 12.2. The molecule has 1 aromatic heterocycles. The van der Waals surface area contributed by atoms with Crippen molar-refractivity contribution >= 4 is 27.3 Å². The van der Waals surface area contributed by atoms with Crippen LogP contribution in [0.5, 0.6) is 0 Å². The molecule has 7 heteroatoms. The van der Waals surface area contributed by atoms with Gasteiger partial charge < -0.3 is 5.11 Å². The summed E-state index contributed by atoms with van der Waals surface area (Å²) in [6.45, 7) is 6.75. The second-order valence-corrected chi connectivity index (χ2v) is 7.44. The first-order valence-corrected chi connectivity index (χ1v) is 9.00. The quantitative estimate of drug-likeness (QED) is 0.799. The van der Waals surface area contributed by atoms with Crippen LogP contribution in [0.25, 0.3) is 0 Å². The molecule has 114 valence electrons. The van der Waals surface area contributed by atoms with Crippen molar-refractivity contribution in [3.63, 3.8) is 0 Å². The number of aromatic carboxylic acids is 1. The van der Waals surface area contributed by atoms with Crippen LogP contribution in [-0.4, -0.2) is 36.9 Å². The predicted octanol–water partition coefficient (Wildman–Crippen LogP) is 2.89. The fraction of sp³-hybridized carbons (Fsp3) is 0.615. The standard InChI is InChI=1S/C13H21NO4S2/c1-4-10(5-2)8-14(6-3)20(17,18)11-7-12(13(15)16)19-9-11/h7,9-10H,4-6,8H2,1-3H3,(H,15,16). The number of carboxylic acids is 1. The SMILES string of the molecule is CCC(CC)CN(CC)S(=O)(=O)c1csc(C(=O)O)c1. The van der Waals surface area contributed by atoms with Crippen molar-refractivity contribution < 1.29 is 18.3 Å². The number of sulfonamides is 1. The highest BCUT2D eigenvalue weighted by Gasteiger charge is 2.26. The fourth-order valence-electron chi connectivity index (χ4n) is 1.95. The largest absolute Gasteiger partial charge is 0.477 e. The van der Waals surface area contributed by atoms with Crippen LogP contribution in [0.4, 0.5) is 0 Å². The highest BCUT2D eigenvalue weighted by atomic mass is 32.2. The second-order valence-electron chi connectivity index (χ2n) is 4.59. The Morgan fingerprint density at radius 3 is 2.35 bits per heavy atom. The van der Waals surface area contributed by atoms with Crippen LogP contribution >= 0.6 is 11.3 Å². The monoisotopic (exact) mass is 319 g/mol. The lowest BCUT2D eigenvalue weighted by molar-refractivity contribution is 0.0702. The van der Waals surface area contributed by atoms with Gasteiger partial charge in [0.15, 0.2) is 0 Å². The molecule has 0 amide bonds. The third-order valence-corrected chi connectivity index (χ3v) is 6.38. The lowest BCUT2D eigenvalue weighted by Crippen LogP contribution is -2.34. The Kier molecular flexibility index (Phi) is 6.16. The number of nitrogens with zero attached hydrogens (tertiary/aromatic N) is 1. The zero-order valence-corrected chi connectivity index (χ0v) is 13.6. The Bertz CT molecular complexity index is 546. The highest BCUT2D eigenvalue weighted by molar-refractivity contribution is 7.89. The highest BCUT2D eigenvalue weighted by Crippen LogP contribution is 2.24. The molecule has 5 nitrogen and oxygen atoms in total. The van der Waals surface area contributed by atoms with Crippen LogP contribution in [0.15, 0.2) is 16.3 Å². The van der Waals surface area contributed by atoms with Gasteiger partial charge in [-0.15, -0.1) is 11.3 Å². The number of hydrogen-bond donors (Lipinski definition) is 1. The first-order valence-electron chi connectivity index (χ1n) is 6.68. The molecule has 0 spiro atoms. The summed E-state index contributed by atoms with van der Waals surface area (Å²) in [6, 6.07) is 1.23. The molecule has 0 aliphatic heterocycles. The fourth-order valence-corrected chi connectivity index (χ4v) is 4.57. The van der Waals surface area contributed by atoms with Gasteiger partial charge in [-0.25, -0.2) is 13.2 Å². The Hall–Kier alpha value is -0.920. The van der Waals surface area contributed by atoms with Gasteiger partial charge in [0.25, 0.3) is 0 Å². The van der Waals surface area contributed by atoms with E-state index in [2.05, 4.69) is 0 Å². The number of thiophene rings is 1. The van der Waals surface area contributed by atoms with E-state index in [1.165, 1.54) is 15.8 Å². The molecule has 0 radical (unpaired) electrons. The summed E-state index contributed by atoms with van der Waals surface area (Å²) >= 11 is 0.937. The number of hydrogen-bond acceptors (Lipinski definition) is 4. The Balaban J connectivity index is 3.01. The first kappa shape index (κ1) is 17.1. The predicted molar refractivity (Wildman–Crippen MR) is 79.8 cm³/mol. The lowest BCUT2D eigenvalue weighted by Gasteiger charge is -2.24. The van der Waals surface area contributed by atoms with Gasteiger partial charge in [-0.05, 0) is 12.0 Å². The first-order chi connectivity index (χ1) is 9.36. The van der Waals surface area contributed by atoms with Crippen molar-refractivity contribution in [3.05, 3.63) is 16.3 Å². The summed E-state index contributed by atoms with van der Waals surface area (Å²) in [5.74, 6) is -0.776. The molecule has 1 rings (SSSR count). The summed E-state index contributed by atoms with van der Waals surface area (Å²) < 4.78 is 26.4. The zero-order valence-electron chi connectivity index (χ0n) is 12.0. The van der Waals surface area contributed by atoms with Crippen LogP contribution < -0.4 is 0 Å². The van der Waals surface area contributed by atoms with E-state index < -0.39 is 16.0 Å². The van der Waals surface area contributed by atoms with E-state index in [4.69, 9.17) is 5.11 Å².